The Morgan fingerprint density at radius 1 is 1.27 bits per heavy atom. The molecule has 0 aliphatic rings. The quantitative estimate of drug-likeness (QED) is 0.593. The highest BCUT2D eigenvalue weighted by Crippen LogP contribution is 2.26. The molecule has 0 spiro atoms. The molecule has 0 fully saturated rings. The van der Waals surface area contributed by atoms with E-state index in [9.17, 15) is 14.7 Å². The van der Waals surface area contributed by atoms with Crippen LogP contribution in [0.4, 0.5) is 0 Å². The number of hydrogen-bond donors (Lipinski definition) is 1. The fourth-order valence-corrected chi connectivity index (χ4v) is 1.32. The number of phenols is 1. The number of carbonyl (C=O) groups is 2. The monoisotopic (exact) mass is 208 g/mol. The predicted molar refractivity (Wildman–Crippen MR) is 54.2 cm³/mol. The van der Waals surface area contributed by atoms with Gasteiger partial charge in [-0.2, -0.15) is 0 Å². The van der Waals surface area contributed by atoms with E-state index in [4.69, 9.17) is 0 Å². The van der Waals surface area contributed by atoms with Gasteiger partial charge in [0.2, 0.25) is 0 Å². The normalized spacial score (nSPS) is 9.80. The van der Waals surface area contributed by atoms with Crippen molar-refractivity contribution in [2.75, 3.05) is 7.11 Å². The zero-order valence-corrected chi connectivity index (χ0v) is 8.83. The summed E-state index contributed by atoms with van der Waals surface area (Å²) in [5.74, 6) is -0.935. The molecule has 0 aliphatic carbocycles. The van der Waals surface area contributed by atoms with E-state index >= 15 is 0 Å². The number of hydrogen-bond acceptors (Lipinski definition) is 4. The average Bonchev–Trinajstić information content (AvgIpc) is 2.20. The number of carbonyl (C=O) groups excluding carboxylic acids is 2. The molecule has 1 aromatic rings. The number of ketones is 1. The highest BCUT2D eigenvalue weighted by atomic mass is 16.5. The van der Waals surface area contributed by atoms with Gasteiger partial charge in [-0.05, 0) is 26.0 Å². The van der Waals surface area contributed by atoms with Crippen LogP contribution in [0.15, 0.2) is 12.1 Å². The van der Waals surface area contributed by atoms with Gasteiger partial charge in [0.05, 0.1) is 18.2 Å². The van der Waals surface area contributed by atoms with Gasteiger partial charge >= 0.3 is 5.97 Å². The summed E-state index contributed by atoms with van der Waals surface area (Å²) in [7, 11) is 1.26. The molecular weight excluding hydrogens is 196 g/mol. The van der Waals surface area contributed by atoms with E-state index < -0.39 is 5.97 Å². The first-order chi connectivity index (χ1) is 6.99. The van der Waals surface area contributed by atoms with Crippen molar-refractivity contribution in [3.8, 4) is 5.75 Å². The van der Waals surface area contributed by atoms with Crippen LogP contribution in [0.2, 0.25) is 0 Å². The van der Waals surface area contributed by atoms with E-state index in [-0.39, 0.29) is 22.7 Å². The molecule has 0 saturated carbocycles. The first kappa shape index (κ1) is 11.2. The molecule has 15 heavy (non-hydrogen) atoms. The van der Waals surface area contributed by atoms with E-state index in [1.165, 1.54) is 26.2 Å². The fourth-order valence-electron chi connectivity index (χ4n) is 1.32. The predicted octanol–water partition coefficient (Wildman–Crippen LogP) is 1.69. The van der Waals surface area contributed by atoms with Gasteiger partial charge in [-0.1, -0.05) is 0 Å². The van der Waals surface area contributed by atoms with Gasteiger partial charge in [0.15, 0.2) is 5.78 Å². The molecular formula is C11H12O4. The van der Waals surface area contributed by atoms with E-state index in [2.05, 4.69) is 4.74 Å². The van der Waals surface area contributed by atoms with Gasteiger partial charge in [0, 0.05) is 5.56 Å². The molecule has 4 heteroatoms. The third-order valence-electron chi connectivity index (χ3n) is 2.22. The highest BCUT2D eigenvalue weighted by molar-refractivity contribution is 6.00. The molecule has 0 aromatic heterocycles. The van der Waals surface area contributed by atoms with E-state index in [0.717, 1.165) is 0 Å². The lowest BCUT2D eigenvalue weighted by atomic mass is 10.0. The van der Waals surface area contributed by atoms with Crippen molar-refractivity contribution in [1.82, 2.24) is 0 Å². The number of rotatable bonds is 2. The Bertz CT molecular complexity index is 421. The van der Waals surface area contributed by atoms with Gasteiger partial charge < -0.3 is 9.84 Å². The van der Waals surface area contributed by atoms with Gasteiger partial charge in [-0.25, -0.2) is 4.79 Å². The Kier molecular flexibility index (Phi) is 3.09. The topological polar surface area (TPSA) is 63.6 Å². The van der Waals surface area contributed by atoms with E-state index in [1.807, 2.05) is 0 Å². The van der Waals surface area contributed by atoms with Crippen molar-refractivity contribution >= 4 is 11.8 Å². The maximum absolute atomic E-state index is 11.2. The molecule has 4 nitrogen and oxygen atoms in total. The molecule has 1 N–H and O–H groups in total. The lowest BCUT2D eigenvalue weighted by Crippen LogP contribution is -2.05. The molecule has 0 radical (unpaired) electrons. The summed E-state index contributed by atoms with van der Waals surface area (Å²) >= 11 is 0. The molecule has 1 aromatic carbocycles. The molecule has 1 rings (SSSR count). The maximum atomic E-state index is 11.2. The second-order valence-electron chi connectivity index (χ2n) is 3.18. The highest BCUT2D eigenvalue weighted by Gasteiger charge is 2.16. The molecule has 0 amide bonds. The second kappa shape index (κ2) is 4.13. The van der Waals surface area contributed by atoms with Gasteiger partial charge in [0.1, 0.15) is 5.75 Å². The van der Waals surface area contributed by atoms with Crippen molar-refractivity contribution in [2.24, 2.45) is 0 Å². The third-order valence-corrected chi connectivity index (χ3v) is 2.22. The largest absolute Gasteiger partial charge is 0.507 e. The number of ether oxygens (including phenoxy) is 1. The number of esters is 1. The molecule has 0 bridgehead atoms. The van der Waals surface area contributed by atoms with Crippen LogP contribution in [0.25, 0.3) is 0 Å². The second-order valence-corrected chi connectivity index (χ2v) is 3.18. The van der Waals surface area contributed by atoms with Crippen molar-refractivity contribution < 1.29 is 19.4 Å². The first-order valence-electron chi connectivity index (χ1n) is 4.40. The zero-order chi connectivity index (χ0) is 11.6. The van der Waals surface area contributed by atoms with Crippen LogP contribution >= 0.6 is 0 Å². The van der Waals surface area contributed by atoms with Crippen LogP contribution in [-0.2, 0) is 4.74 Å². The zero-order valence-electron chi connectivity index (χ0n) is 8.83. The summed E-state index contributed by atoms with van der Waals surface area (Å²) in [6, 6.07) is 2.88. The summed E-state index contributed by atoms with van der Waals surface area (Å²) in [5, 5.41) is 9.66. The Labute approximate surface area is 87.5 Å². The van der Waals surface area contributed by atoms with Gasteiger partial charge in [-0.15, -0.1) is 0 Å². The van der Waals surface area contributed by atoms with Crippen molar-refractivity contribution in [1.29, 1.82) is 0 Å². The Hall–Kier alpha value is -1.84. The van der Waals surface area contributed by atoms with Crippen molar-refractivity contribution in [2.45, 2.75) is 13.8 Å². The van der Waals surface area contributed by atoms with Crippen molar-refractivity contribution in [3.05, 3.63) is 28.8 Å². The number of aromatic hydroxyl groups is 1. The Balaban J connectivity index is 3.33. The van der Waals surface area contributed by atoms with Crippen LogP contribution in [0.5, 0.6) is 5.75 Å². The average molecular weight is 208 g/mol. The maximum Gasteiger partial charge on any atom is 0.338 e. The lowest BCUT2D eigenvalue weighted by Gasteiger charge is -2.08. The summed E-state index contributed by atoms with van der Waals surface area (Å²) in [6.07, 6.45) is 0. The Morgan fingerprint density at radius 3 is 2.27 bits per heavy atom. The Morgan fingerprint density at radius 2 is 1.80 bits per heavy atom. The van der Waals surface area contributed by atoms with Gasteiger partial charge in [-0.3, -0.25) is 4.79 Å². The van der Waals surface area contributed by atoms with Crippen LogP contribution in [0.1, 0.15) is 33.2 Å². The van der Waals surface area contributed by atoms with E-state index in [1.54, 1.807) is 6.92 Å². The fraction of sp³-hybridized carbons (Fsp3) is 0.273. The molecule has 80 valence electrons. The summed E-state index contributed by atoms with van der Waals surface area (Å²) < 4.78 is 4.54. The smallest absolute Gasteiger partial charge is 0.338 e. The number of phenolic OH excluding ortho intramolecular Hbond substituents is 1. The standard InChI is InChI=1S/C11H12O4/c1-6-8(11(14)15-3)4-5-9(7(2)12)10(6)13/h4-5,13H,1-3H3. The van der Waals surface area contributed by atoms with Crippen LogP contribution < -0.4 is 0 Å². The first-order valence-corrected chi connectivity index (χ1v) is 4.40. The minimum absolute atomic E-state index is 0.162. The summed E-state index contributed by atoms with van der Waals surface area (Å²) in [5.41, 5.74) is 0.828. The van der Waals surface area contributed by atoms with Crippen LogP contribution in [0, 0.1) is 6.92 Å². The minimum atomic E-state index is -0.530. The van der Waals surface area contributed by atoms with Crippen molar-refractivity contribution in [3.63, 3.8) is 0 Å². The molecule has 0 unspecified atom stereocenters. The van der Waals surface area contributed by atoms with E-state index in [0.29, 0.717) is 5.56 Å². The molecule has 0 saturated heterocycles. The summed E-state index contributed by atoms with van der Waals surface area (Å²) in [6.45, 7) is 2.92. The number of methoxy groups -OCH3 is 1. The van der Waals surface area contributed by atoms with Crippen LogP contribution in [0.3, 0.4) is 0 Å². The number of benzene rings is 1. The SMILES string of the molecule is COC(=O)c1ccc(C(C)=O)c(O)c1C. The third kappa shape index (κ3) is 1.98. The molecule has 0 aliphatic heterocycles. The lowest BCUT2D eigenvalue weighted by molar-refractivity contribution is 0.0599. The number of Topliss-reactive ketones (excluding diaryl/α,β-unsaturated/α-hetero) is 1. The molecule has 0 heterocycles. The molecule has 0 atom stereocenters. The van der Waals surface area contributed by atoms with Crippen LogP contribution in [-0.4, -0.2) is 24.0 Å². The van der Waals surface area contributed by atoms with Gasteiger partial charge in [0.25, 0.3) is 0 Å². The summed E-state index contributed by atoms with van der Waals surface area (Å²) in [4.78, 5) is 22.3. The minimum Gasteiger partial charge on any atom is -0.507 e.